The maximum Gasteiger partial charge on any atom is 0.408 e. The Kier molecular flexibility index (Phi) is 10.3. The van der Waals surface area contributed by atoms with Crippen molar-refractivity contribution in [3.8, 4) is 0 Å². The van der Waals surface area contributed by atoms with Gasteiger partial charge in [-0.05, 0) is 36.1 Å². The van der Waals surface area contributed by atoms with Gasteiger partial charge in [-0.2, -0.15) is 0 Å². The van der Waals surface area contributed by atoms with Crippen LogP contribution < -0.4 is 16.0 Å². The van der Waals surface area contributed by atoms with Gasteiger partial charge in [-0.1, -0.05) is 78.9 Å². The topological polar surface area (TPSA) is 179 Å². The molecule has 4 aromatic rings. The molecule has 1 saturated heterocycles. The summed E-state index contributed by atoms with van der Waals surface area (Å²) in [6.07, 6.45) is 0.142. The molecule has 5 N–H and O–H groups in total. The molecule has 0 unspecified atom stereocenters. The average Bonchev–Trinajstić information content (AvgIpc) is 3.70. The fraction of sp³-hybridized carbons (Fsp3) is 0.286. The maximum absolute atomic E-state index is 14.0. The minimum absolute atomic E-state index is 0.000152. The van der Waals surface area contributed by atoms with Crippen molar-refractivity contribution in [1.29, 1.82) is 0 Å². The Morgan fingerprint density at radius 2 is 1.40 bits per heavy atom. The van der Waals surface area contributed by atoms with E-state index in [4.69, 9.17) is 9.47 Å². The predicted octanol–water partition coefficient (Wildman–Crippen LogP) is 3.05. The Hall–Kier alpha value is -5.49. The van der Waals surface area contributed by atoms with Crippen molar-refractivity contribution in [1.82, 2.24) is 20.9 Å². The summed E-state index contributed by atoms with van der Waals surface area (Å²) in [7, 11) is 0. The Balaban J connectivity index is 1.36. The van der Waals surface area contributed by atoms with E-state index in [1.165, 1.54) is 0 Å². The molecule has 0 spiro atoms. The number of Topliss-reactive ketones (excluding diaryl/α,β-unsaturated/α-hetero) is 1. The number of carbonyl (C=O) groups excluding carboxylic acids is 4. The van der Waals surface area contributed by atoms with Crippen LogP contribution in [0.5, 0.6) is 0 Å². The van der Waals surface area contributed by atoms with E-state index in [2.05, 4.69) is 20.9 Å². The molecule has 1 aromatic heterocycles. The van der Waals surface area contributed by atoms with Crippen LogP contribution in [0.2, 0.25) is 0 Å². The molecule has 12 heteroatoms. The number of carboxylic acid groups (broad SMARTS) is 1. The number of H-pyrrole nitrogens is 1. The number of rotatable bonds is 15. The van der Waals surface area contributed by atoms with E-state index in [1.54, 1.807) is 43.5 Å². The summed E-state index contributed by atoms with van der Waals surface area (Å²) in [6, 6.07) is 21.7. The molecule has 0 saturated carbocycles. The number of nitrogens with one attached hydrogen (secondary N) is 4. The monoisotopic (exact) mass is 640 g/mol. The standard InChI is InChI=1S/C35H36N4O8/c1-35(21-47-35)31(42)27(16-22-10-4-2-5-11-22)37-32(43)28(17-24-19-36-26-15-9-8-14-25(24)26)38-33(44)29(18-30(40)41)39-34(45)46-20-23-12-6-3-7-13-23/h2-15,19,27-29,36H,16-18,20-21H2,1H3,(H,37,43)(H,38,44)(H,39,45)(H,40,41)/t27-,28-,29-,35+/m0/s1. The highest BCUT2D eigenvalue weighted by Gasteiger charge is 2.50. The summed E-state index contributed by atoms with van der Waals surface area (Å²) >= 11 is 0. The Morgan fingerprint density at radius 3 is 2.06 bits per heavy atom. The Bertz CT molecular complexity index is 1740. The molecule has 2 heterocycles. The van der Waals surface area contributed by atoms with Gasteiger partial charge in [0.25, 0.3) is 0 Å². The van der Waals surface area contributed by atoms with Gasteiger partial charge in [-0.15, -0.1) is 0 Å². The largest absolute Gasteiger partial charge is 0.481 e. The molecule has 3 amide bonds. The number of carboxylic acids is 1. The first-order valence-electron chi connectivity index (χ1n) is 15.2. The van der Waals surface area contributed by atoms with Gasteiger partial charge in [-0.25, -0.2) is 4.79 Å². The van der Waals surface area contributed by atoms with E-state index < -0.39 is 54.0 Å². The summed E-state index contributed by atoms with van der Waals surface area (Å²) in [5.41, 5.74) is 2.00. The summed E-state index contributed by atoms with van der Waals surface area (Å²) in [5.74, 6) is -3.23. The number of aliphatic carboxylic acids is 1. The number of ketones is 1. The molecule has 244 valence electrons. The summed E-state index contributed by atoms with van der Waals surface area (Å²) in [4.78, 5) is 68.4. The van der Waals surface area contributed by atoms with Gasteiger partial charge in [-0.3, -0.25) is 19.2 Å². The van der Waals surface area contributed by atoms with Crippen molar-refractivity contribution >= 4 is 40.6 Å². The minimum atomic E-state index is -1.56. The van der Waals surface area contributed by atoms with Gasteiger partial charge >= 0.3 is 12.1 Å². The van der Waals surface area contributed by atoms with Gasteiger partial charge < -0.3 is 35.5 Å². The van der Waals surface area contributed by atoms with Crippen molar-refractivity contribution < 1.29 is 38.6 Å². The molecule has 12 nitrogen and oxygen atoms in total. The van der Waals surface area contributed by atoms with Crippen molar-refractivity contribution in [3.05, 3.63) is 108 Å². The van der Waals surface area contributed by atoms with E-state index in [0.717, 1.165) is 16.5 Å². The second kappa shape index (κ2) is 14.7. The predicted molar refractivity (Wildman–Crippen MR) is 171 cm³/mol. The lowest BCUT2D eigenvalue weighted by molar-refractivity contribution is -0.140. The fourth-order valence-electron chi connectivity index (χ4n) is 5.24. The number of epoxide rings is 1. The molecule has 0 radical (unpaired) electrons. The number of alkyl carbamates (subject to hydrolysis) is 1. The zero-order valence-electron chi connectivity index (χ0n) is 25.7. The van der Waals surface area contributed by atoms with Crippen molar-refractivity contribution in [3.63, 3.8) is 0 Å². The van der Waals surface area contributed by atoms with Gasteiger partial charge in [0.2, 0.25) is 11.8 Å². The molecular formula is C35H36N4O8. The van der Waals surface area contributed by atoms with Crippen LogP contribution in [0.4, 0.5) is 4.79 Å². The highest BCUT2D eigenvalue weighted by molar-refractivity contribution is 5.99. The minimum Gasteiger partial charge on any atom is -0.481 e. The van der Waals surface area contributed by atoms with Gasteiger partial charge in [0, 0.05) is 23.5 Å². The molecule has 1 aliphatic heterocycles. The number of aromatic amines is 1. The third kappa shape index (κ3) is 8.82. The van der Waals surface area contributed by atoms with Crippen LogP contribution in [0.1, 0.15) is 30.0 Å². The lowest BCUT2D eigenvalue weighted by Crippen LogP contribution is -2.57. The summed E-state index contributed by atoms with van der Waals surface area (Å²) in [5, 5.41) is 18.1. The molecule has 5 rings (SSSR count). The van der Waals surface area contributed by atoms with E-state index in [1.807, 2.05) is 54.6 Å². The molecular weight excluding hydrogens is 604 g/mol. The summed E-state index contributed by atoms with van der Waals surface area (Å²) in [6.45, 7) is 1.79. The average molecular weight is 641 g/mol. The number of hydrogen-bond acceptors (Lipinski definition) is 7. The molecule has 0 bridgehead atoms. The first-order valence-corrected chi connectivity index (χ1v) is 15.2. The van der Waals surface area contributed by atoms with Crippen molar-refractivity contribution in [2.75, 3.05) is 6.61 Å². The zero-order chi connectivity index (χ0) is 33.4. The first-order chi connectivity index (χ1) is 22.6. The van der Waals surface area contributed by atoms with Crippen LogP contribution in [-0.2, 0) is 48.1 Å². The van der Waals surface area contributed by atoms with Crippen LogP contribution in [0.25, 0.3) is 10.9 Å². The number of hydrogen-bond donors (Lipinski definition) is 5. The summed E-state index contributed by atoms with van der Waals surface area (Å²) < 4.78 is 10.6. The SMILES string of the molecule is C[C@]1(C(=O)[C@H](Cc2ccccc2)NC(=O)[C@H](Cc2c[nH]c3ccccc23)NC(=O)[C@H](CC(=O)O)NC(=O)OCc2ccccc2)CO1. The molecule has 0 aliphatic carbocycles. The molecule has 47 heavy (non-hydrogen) atoms. The number of amides is 3. The van der Waals surface area contributed by atoms with E-state index in [9.17, 15) is 29.1 Å². The van der Waals surface area contributed by atoms with Crippen molar-refractivity contribution in [2.45, 2.75) is 56.5 Å². The lowest BCUT2D eigenvalue weighted by Gasteiger charge is -2.25. The smallest absolute Gasteiger partial charge is 0.408 e. The van der Waals surface area contributed by atoms with Crippen LogP contribution >= 0.6 is 0 Å². The van der Waals surface area contributed by atoms with Crippen LogP contribution in [0, 0.1) is 0 Å². The number of ether oxygens (including phenoxy) is 2. The van der Waals surface area contributed by atoms with Crippen molar-refractivity contribution in [2.24, 2.45) is 0 Å². The lowest BCUT2D eigenvalue weighted by atomic mass is 9.94. The quantitative estimate of drug-likeness (QED) is 0.123. The third-order valence-corrected chi connectivity index (χ3v) is 7.95. The molecule has 4 atom stereocenters. The molecule has 1 fully saturated rings. The van der Waals surface area contributed by atoms with Gasteiger partial charge in [0.05, 0.1) is 19.1 Å². The molecule has 3 aromatic carbocycles. The third-order valence-electron chi connectivity index (χ3n) is 7.95. The zero-order valence-corrected chi connectivity index (χ0v) is 25.7. The fourth-order valence-corrected chi connectivity index (χ4v) is 5.24. The number of para-hydroxylation sites is 1. The van der Waals surface area contributed by atoms with E-state index in [0.29, 0.717) is 11.1 Å². The van der Waals surface area contributed by atoms with Crippen LogP contribution in [0.3, 0.4) is 0 Å². The second-order valence-electron chi connectivity index (χ2n) is 11.6. The number of benzene rings is 3. The van der Waals surface area contributed by atoms with Gasteiger partial charge in [0.15, 0.2) is 5.78 Å². The number of carbonyl (C=O) groups is 5. The molecule has 1 aliphatic rings. The first kappa shape index (κ1) is 32.9. The highest BCUT2D eigenvalue weighted by atomic mass is 16.6. The van der Waals surface area contributed by atoms with Gasteiger partial charge in [0.1, 0.15) is 24.3 Å². The van der Waals surface area contributed by atoms with Crippen LogP contribution in [0.15, 0.2) is 91.1 Å². The number of fused-ring (bicyclic) bond motifs is 1. The van der Waals surface area contributed by atoms with Crippen LogP contribution in [-0.4, -0.2) is 70.1 Å². The number of aromatic nitrogens is 1. The van der Waals surface area contributed by atoms with E-state index in [-0.39, 0.29) is 31.8 Å². The highest BCUT2D eigenvalue weighted by Crippen LogP contribution is 2.29. The maximum atomic E-state index is 14.0. The van der Waals surface area contributed by atoms with E-state index >= 15 is 0 Å². The Labute approximate surface area is 270 Å². The Morgan fingerprint density at radius 1 is 0.809 bits per heavy atom. The second-order valence-corrected chi connectivity index (χ2v) is 11.6. The normalized spacial score (nSPS) is 17.1.